The number of aromatic nitrogens is 1. The highest BCUT2D eigenvalue weighted by molar-refractivity contribution is 6.01. The molecule has 0 amide bonds. The van der Waals surface area contributed by atoms with Crippen LogP contribution in [-0.2, 0) is 0 Å². The van der Waals surface area contributed by atoms with Gasteiger partial charge in [-0.15, -0.1) is 0 Å². The normalized spacial score (nSPS) is 11.4. The van der Waals surface area contributed by atoms with Gasteiger partial charge in [0.15, 0.2) is 23.9 Å². The summed E-state index contributed by atoms with van der Waals surface area (Å²) in [6.45, 7) is 2.09. The molecule has 4 aromatic rings. The predicted molar refractivity (Wildman–Crippen MR) is 87.6 cm³/mol. The number of hydrogen-bond donors (Lipinski definition) is 1. The first-order valence-electron chi connectivity index (χ1n) is 7.22. The van der Waals surface area contributed by atoms with E-state index < -0.39 is 0 Å². The van der Waals surface area contributed by atoms with Gasteiger partial charge in [0.25, 0.3) is 0 Å². The number of fused-ring (bicyclic) bond motifs is 4. The SMILES string of the molecule is COc1ccc2c(C)c3c4ccccc4cc[n+]3cc2c1O. The molecular weight excluding hydrogens is 274 g/mol. The molecular formula is C19H16NO2+. The monoisotopic (exact) mass is 290 g/mol. The minimum absolute atomic E-state index is 0.186. The van der Waals surface area contributed by atoms with E-state index in [0.717, 1.165) is 21.9 Å². The zero-order valence-corrected chi connectivity index (χ0v) is 12.5. The van der Waals surface area contributed by atoms with E-state index in [4.69, 9.17) is 4.74 Å². The number of hydrogen-bond acceptors (Lipinski definition) is 2. The van der Waals surface area contributed by atoms with Crippen molar-refractivity contribution in [3.8, 4) is 11.5 Å². The van der Waals surface area contributed by atoms with Crippen molar-refractivity contribution in [3.05, 3.63) is 60.4 Å². The van der Waals surface area contributed by atoms with Crippen LogP contribution >= 0.6 is 0 Å². The first-order chi connectivity index (χ1) is 10.7. The molecule has 0 aliphatic carbocycles. The van der Waals surface area contributed by atoms with Crippen LogP contribution in [-0.4, -0.2) is 12.2 Å². The van der Waals surface area contributed by atoms with Crippen LogP contribution < -0.4 is 9.14 Å². The van der Waals surface area contributed by atoms with E-state index in [9.17, 15) is 5.11 Å². The van der Waals surface area contributed by atoms with Gasteiger partial charge in [-0.05, 0) is 30.5 Å². The lowest BCUT2D eigenvalue weighted by Crippen LogP contribution is -2.22. The van der Waals surface area contributed by atoms with Crippen LogP contribution in [0.25, 0.3) is 27.1 Å². The zero-order valence-electron chi connectivity index (χ0n) is 12.5. The van der Waals surface area contributed by atoms with E-state index in [2.05, 4.69) is 35.6 Å². The molecule has 0 spiro atoms. The number of ether oxygens (including phenoxy) is 1. The van der Waals surface area contributed by atoms with Crippen LogP contribution in [0.5, 0.6) is 11.5 Å². The average Bonchev–Trinajstić information content (AvgIpc) is 2.55. The van der Waals surface area contributed by atoms with Gasteiger partial charge in [0.05, 0.1) is 17.9 Å². The summed E-state index contributed by atoms with van der Waals surface area (Å²) in [6.07, 6.45) is 3.99. The van der Waals surface area contributed by atoms with Gasteiger partial charge in [-0.25, -0.2) is 0 Å². The Morgan fingerprint density at radius 1 is 0.955 bits per heavy atom. The minimum atomic E-state index is 0.186. The summed E-state index contributed by atoms with van der Waals surface area (Å²) in [7, 11) is 1.56. The van der Waals surface area contributed by atoms with E-state index in [1.54, 1.807) is 7.11 Å². The number of aromatic hydroxyl groups is 1. The van der Waals surface area contributed by atoms with E-state index in [-0.39, 0.29) is 5.75 Å². The summed E-state index contributed by atoms with van der Waals surface area (Å²) < 4.78 is 7.28. The summed E-state index contributed by atoms with van der Waals surface area (Å²) in [5.41, 5.74) is 2.31. The number of nitrogens with zero attached hydrogens (tertiary/aromatic N) is 1. The predicted octanol–water partition coefficient (Wildman–Crippen LogP) is 3.75. The average molecular weight is 290 g/mol. The molecule has 0 aliphatic heterocycles. The van der Waals surface area contributed by atoms with Crippen LogP contribution in [0.4, 0.5) is 0 Å². The quantitative estimate of drug-likeness (QED) is 0.329. The molecule has 108 valence electrons. The Morgan fingerprint density at radius 3 is 2.59 bits per heavy atom. The molecule has 3 heteroatoms. The van der Waals surface area contributed by atoms with Crippen molar-refractivity contribution in [2.75, 3.05) is 7.11 Å². The van der Waals surface area contributed by atoms with Crippen molar-refractivity contribution in [1.29, 1.82) is 0 Å². The van der Waals surface area contributed by atoms with Crippen molar-refractivity contribution < 1.29 is 14.2 Å². The van der Waals surface area contributed by atoms with Crippen LogP contribution in [0.15, 0.2) is 54.9 Å². The van der Waals surface area contributed by atoms with Crippen LogP contribution in [0.1, 0.15) is 5.56 Å². The molecule has 0 saturated carbocycles. The number of methoxy groups -OCH3 is 1. The minimum Gasteiger partial charge on any atom is -0.504 e. The van der Waals surface area contributed by atoms with Gasteiger partial charge in [-0.3, -0.25) is 0 Å². The maximum Gasteiger partial charge on any atom is 0.222 e. The zero-order chi connectivity index (χ0) is 15.3. The van der Waals surface area contributed by atoms with Gasteiger partial charge in [-0.1, -0.05) is 18.2 Å². The number of aryl methyl sites for hydroxylation is 1. The summed E-state index contributed by atoms with van der Waals surface area (Å²) in [5.74, 6) is 0.679. The largest absolute Gasteiger partial charge is 0.504 e. The highest BCUT2D eigenvalue weighted by atomic mass is 16.5. The molecule has 2 aromatic heterocycles. The Balaban J connectivity index is 2.24. The fourth-order valence-corrected chi connectivity index (χ4v) is 3.21. The molecule has 0 radical (unpaired) electrons. The molecule has 4 rings (SSSR count). The Morgan fingerprint density at radius 2 is 1.77 bits per heavy atom. The molecule has 22 heavy (non-hydrogen) atoms. The molecule has 1 N–H and O–H groups in total. The third-order valence-corrected chi connectivity index (χ3v) is 4.32. The van der Waals surface area contributed by atoms with Crippen molar-refractivity contribution in [3.63, 3.8) is 0 Å². The summed E-state index contributed by atoms with van der Waals surface area (Å²) in [6, 6.07) is 14.3. The van der Waals surface area contributed by atoms with Crippen molar-refractivity contribution in [1.82, 2.24) is 0 Å². The van der Waals surface area contributed by atoms with Gasteiger partial charge < -0.3 is 9.84 Å². The maximum atomic E-state index is 10.4. The molecule has 0 bridgehead atoms. The first kappa shape index (κ1) is 12.9. The molecule has 0 unspecified atom stereocenters. The molecule has 0 saturated heterocycles. The topological polar surface area (TPSA) is 33.6 Å². The third kappa shape index (κ3) is 1.65. The summed E-state index contributed by atoms with van der Waals surface area (Å²) in [5, 5.41) is 14.7. The van der Waals surface area contributed by atoms with E-state index in [1.165, 1.54) is 10.8 Å². The fraction of sp³-hybridized carbons (Fsp3) is 0.105. The number of rotatable bonds is 1. The first-order valence-corrected chi connectivity index (χ1v) is 7.22. The van der Waals surface area contributed by atoms with Gasteiger partial charge in [0, 0.05) is 17.0 Å². The van der Waals surface area contributed by atoms with Crippen LogP contribution in [0, 0.1) is 6.92 Å². The van der Waals surface area contributed by atoms with Gasteiger partial charge >= 0.3 is 0 Å². The fourth-order valence-electron chi connectivity index (χ4n) is 3.21. The van der Waals surface area contributed by atoms with Crippen LogP contribution in [0.3, 0.4) is 0 Å². The lowest BCUT2D eigenvalue weighted by Gasteiger charge is -2.09. The number of benzene rings is 2. The molecule has 3 nitrogen and oxygen atoms in total. The van der Waals surface area contributed by atoms with E-state index >= 15 is 0 Å². The lowest BCUT2D eigenvalue weighted by molar-refractivity contribution is -0.509. The third-order valence-electron chi connectivity index (χ3n) is 4.32. The van der Waals surface area contributed by atoms with Crippen LogP contribution in [0.2, 0.25) is 0 Å². The number of phenolic OH excluding ortho intramolecular Hbond substituents is 1. The Kier molecular flexibility index (Phi) is 2.70. The Labute approximate surface area is 128 Å². The van der Waals surface area contributed by atoms with Crippen molar-refractivity contribution in [2.24, 2.45) is 0 Å². The Hall–Kier alpha value is -2.81. The van der Waals surface area contributed by atoms with Crippen molar-refractivity contribution >= 4 is 27.1 Å². The van der Waals surface area contributed by atoms with E-state index in [0.29, 0.717) is 5.75 Å². The second-order valence-electron chi connectivity index (χ2n) is 5.49. The highest BCUT2D eigenvalue weighted by Crippen LogP contribution is 2.36. The molecule has 0 aliphatic rings. The second-order valence-corrected chi connectivity index (χ2v) is 5.49. The highest BCUT2D eigenvalue weighted by Gasteiger charge is 2.18. The second kappa shape index (κ2) is 4.60. The van der Waals surface area contributed by atoms with E-state index in [1.807, 2.05) is 30.6 Å². The summed E-state index contributed by atoms with van der Waals surface area (Å²) in [4.78, 5) is 0. The molecule has 0 atom stereocenters. The Bertz CT molecular complexity index is 1040. The van der Waals surface area contributed by atoms with Gasteiger partial charge in [0.1, 0.15) is 0 Å². The molecule has 2 aromatic carbocycles. The lowest BCUT2D eigenvalue weighted by atomic mass is 10.0. The number of phenols is 1. The number of pyridine rings is 2. The van der Waals surface area contributed by atoms with Gasteiger partial charge in [-0.2, -0.15) is 4.40 Å². The smallest absolute Gasteiger partial charge is 0.222 e. The summed E-state index contributed by atoms with van der Waals surface area (Å²) >= 11 is 0. The van der Waals surface area contributed by atoms with Gasteiger partial charge in [0.2, 0.25) is 5.52 Å². The molecule has 2 heterocycles. The standard InChI is InChI=1S/C19H15NO2/c1-12-14-7-8-17(22-2)19(21)16(14)11-20-10-9-13-5-3-4-6-15(13)18(12)20/h3-11H,1-2H3/p+1. The molecule has 0 fully saturated rings. The maximum absolute atomic E-state index is 10.4. The van der Waals surface area contributed by atoms with Crippen molar-refractivity contribution in [2.45, 2.75) is 6.92 Å².